The largest absolute Gasteiger partial charge is 0.494 e. The van der Waals surface area contributed by atoms with E-state index in [1.165, 1.54) is 37.4 Å². The average Bonchev–Trinajstić information content (AvgIpc) is 2.76. The van der Waals surface area contributed by atoms with Gasteiger partial charge in [-0.15, -0.1) is 0 Å². The lowest BCUT2D eigenvalue weighted by molar-refractivity contribution is -0.384. The number of benzene rings is 3. The van der Waals surface area contributed by atoms with E-state index < -0.39 is 4.92 Å². The highest BCUT2D eigenvalue weighted by molar-refractivity contribution is 5.94. The third-order valence-corrected chi connectivity index (χ3v) is 4.80. The number of ether oxygens (including phenoxy) is 1. The highest BCUT2D eigenvalue weighted by Crippen LogP contribution is 2.30. The van der Waals surface area contributed by atoms with Gasteiger partial charge in [0.2, 0.25) is 5.91 Å². The minimum Gasteiger partial charge on any atom is -0.494 e. The number of rotatable bonds is 8. The molecule has 1 unspecified atom stereocenters. The first-order valence-corrected chi connectivity index (χ1v) is 9.52. The Kier molecular flexibility index (Phi) is 6.94. The molecule has 3 rings (SSSR count). The van der Waals surface area contributed by atoms with Gasteiger partial charge >= 0.3 is 0 Å². The van der Waals surface area contributed by atoms with Gasteiger partial charge in [-0.3, -0.25) is 19.8 Å². The number of nitrogens with zero attached hydrogens (tertiary/aromatic N) is 2. The maximum Gasteiger partial charge on any atom is 0.273 e. The van der Waals surface area contributed by atoms with E-state index in [-0.39, 0.29) is 35.7 Å². The zero-order valence-corrected chi connectivity index (χ0v) is 17.1. The van der Waals surface area contributed by atoms with Crippen LogP contribution >= 0.6 is 0 Å². The van der Waals surface area contributed by atoms with Crippen LogP contribution in [-0.4, -0.2) is 36.4 Å². The molecule has 0 aliphatic carbocycles. The molecule has 31 heavy (non-hydrogen) atoms. The average molecular weight is 423 g/mol. The number of nitrogens with one attached hydrogen (secondary N) is 1. The Hall–Kier alpha value is -3.78. The molecule has 7 nitrogen and oxygen atoms in total. The first kappa shape index (κ1) is 21.9. The number of amides is 1. The number of nitro benzene ring substituents is 1. The van der Waals surface area contributed by atoms with Crippen molar-refractivity contribution in [1.29, 1.82) is 0 Å². The van der Waals surface area contributed by atoms with Gasteiger partial charge in [0.05, 0.1) is 36.4 Å². The SMILES string of the molecule is COc1cc([N+](=O)[O-])ccc1NC(=O)CN(C)C(c1ccccc1)c1ccc(F)cc1. The second-order valence-electron chi connectivity index (χ2n) is 6.97. The van der Waals surface area contributed by atoms with Crippen molar-refractivity contribution in [1.82, 2.24) is 4.90 Å². The quantitative estimate of drug-likeness (QED) is 0.429. The van der Waals surface area contributed by atoms with Crippen molar-refractivity contribution in [3.63, 3.8) is 0 Å². The van der Waals surface area contributed by atoms with Crippen LogP contribution in [0.15, 0.2) is 72.8 Å². The smallest absolute Gasteiger partial charge is 0.273 e. The number of hydrogen-bond acceptors (Lipinski definition) is 5. The number of nitro groups is 1. The first-order chi connectivity index (χ1) is 14.9. The van der Waals surface area contributed by atoms with Crippen molar-refractivity contribution < 1.29 is 18.8 Å². The van der Waals surface area contributed by atoms with Crippen LogP contribution in [0.5, 0.6) is 5.75 Å². The molecule has 0 radical (unpaired) electrons. The molecule has 1 atom stereocenters. The Balaban J connectivity index is 1.80. The van der Waals surface area contributed by atoms with Gasteiger partial charge in [-0.1, -0.05) is 42.5 Å². The topological polar surface area (TPSA) is 84.7 Å². The van der Waals surface area contributed by atoms with Crippen LogP contribution < -0.4 is 10.1 Å². The van der Waals surface area contributed by atoms with Crippen LogP contribution in [0.4, 0.5) is 15.8 Å². The summed E-state index contributed by atoms with van der Waals surface area (Å²) in [5, 5.41) is 13.7. The molecular formula is C23H22FN3O4. The standard InChI is InChI=1S/C23H22FN3O4/c1-26(15-22(28)25-20-13-12-19(27(29)30)14-21(20)31-2)23(16-6-4-3-5-7-16)17-8-10-18(24)11-9-17/h3-14,23H,15H2,1-2H3,(H,25,28). The van der Waals surface area contributed by atoms with Gasteiger partial charge in [0.1, 0.15) is 11.6 Å². The molecule has 3 aromatic rings. The molecule has 0 saturated heterocycles. The van der Waals surface area contributed by atoms with Crippen LogP contribution in [0.1, 0.15) is 17.2 Å². The number of methoxy groups -OCH3 is 1. The molecule has 0 aliphatic heterocycles. The minimum atomic E-state index is -0.533. The van der Waals surface area contributed by atoms with Gasteiger partial charge in [-0.05, 0) is 36.4 Å². The van der Waals surface area contributed by atoms with E-state index in [0.717, 1.165) is 11.1 Å². The van der Waals surface area contributed by atoms with Crippen LogP contribution in [-0.2, 0) is 4.79 Å². The lowest BCUT2D eigenvalue weighted by Gasteiger charge is -2.28. The fraction of sp³-hybridized carbons (Fsp3) is 0.174. The van der Waals surface area contributed by atoms with E-state index in [0.29, 0.717) is 5.69 Å². The zero-order chi connectivity index (χ0) is 22.4. The van der Waals surface area contributed by atoms with Crippen molar-refractivity contribution in [3.8, 4) is 5.75 Å². The maximum absolute atomic E-state index is 13.4. The van der Waals surface area contributed by atoms with Crippen LogP contribution in [0.2, 0.25) is 0 Å². The Morgan fingerprint density at radius 1 is 1.10 bits per heavy atom. The van der Waals surface area contributed by atoms with Gasteiger partial charge in [0.15, 0.2) is 0 Å². The number of non-ortho nitro benzene ring substituents is 1. The predicted molar refractivity (Wildman–Crippen MR) is 116 cm³/mol. The molecule has 0 saturated carbocycles. The Morgan fingerprint density at radius 2 is 1.74 bits per heavy atom. The molecule has 0 aliphatic rings. The van der Waals surface area contributed by atoms with Gasteiger partial charge in [-0.25, -0.2) is 4.39 Å². The summed E-state index contributed by atoms with van der Waals surface area (Å²) in [5.74, 6) is -0.456. The lowest BCUT2D eigenvalue weighted by Crippen LogP contribution is -2.34. The van der Waals surface area contributed by atoms with Crippen molar-refractivity contribution in [3.05, 3.63) is 99.9 Å². The minimum absolute atomic E-state index is 0.0249. The molecule has 0 heterocycles. The summed E-state index contributed by atoms with van der Waals surface area (Å²) in [7, 11) is 3.18. The van der Waals surface area contributed by atoms with E-state index in [1.54, 1.807) is 19.2 Å². The number of halogens is 1. The summed E-state index contributed by atoms with van der Waals surface area (Å²) in [6.45, 7) is 0.0249. The summed E-state index contributed by atoms with van der Waals surface area (Å²) in [6.07, 6.45) is 0. The number of carbonyl (C=O) groups excluding carboxylic acids is 1. The first-order valence-electron chi connectivity index (χ1n) is 9.52. The van der Waals surface area contributed by atoms with Crippen molar-refractivity contribution >= 4 is 17.3 Å². The van der Waals surface area contributed by atoms with Crippen LogP contribution in [0.3, 0.4) is 0 Å². The summed E-state index contributed by atoms with van der Waals surface area (Å²) in [4.78, 5) is 25.0. The lowest BCUT2D eigenvalue weighted by atomic mass is 9.97. The second kappa shape index (κ2) is 9.82. The molecule has 0 bridgehead atoms. The summed E-state index contributed by atoms with van der Waals surface area (Å²) < 4.78 is 18.6. The summed E-state index contributed by atoms with van der Waals surface area (Å²) >= 11 is 0. The molecule has 3 aromatic carbocycles. The van der Waals surface area contributed by atoms with Crippen molar-refractivity contribution in [2.75, 3.05) is 26.0 Å². The van der Waals surface area contributed by atoms with E-state index >= 15 is 0 Å². The molecule has 0 spiro atoms. The number of hydrogen-bond donors (Lipinski definition) is 1. The number of anilines is 1. The van der Waals surface area contributed by atoms with Crippen molar-refractivity contribution in [2.45, 2.75) is 6.04 Å². The highest BCUT2D eigenvalue weighted by Gasteiger charge is 2.22. The molecule has 0 fully saturated rings. The number of likely N-dealkylation sites (N-methyl/N-ethyl adjacent to an activating group) is 1. The van der Waals surface area contributed by atoms with E-state index in [2.05, 4.69) is 5.32 Å². The van der Waals surface area contributed by atoms with E-state index in [4.69, 9.17) is 4.74 Å². The monoisotopic (exact) mass is 423 g/mol. The van der Waals surface area contributed by atoms with Gasteiger partial charge in [0, 0.05) is 6.07 Å². The summed E-state index contributed by atoms with van der Waals surface area (Å²) in [6, 6.07) is 19.5. The Bertz CT molecular complexity index is 1060. The Morgan fingerprint density at radius 3 is 2.35 bits per heavy atom. The molecule has 1 N–H and O–H groups in total. The van der Waals surface area contributed by atoms with Crippen LogP contribution in [0.25, 0.3) is 0 Å². The maximum atomic E-state index is 13.4. The second-order valence-corrected chi connectivity index (χ2v) is 6.97. The fourth-order valence-corrected chi connectivity index (χ4v) is 3.39. The van der Waals surface area contributed by atoms with Gasteiger partial charge < -0.3 is 10.1 Å². The zero-order valence-electron chi connectivity index (χ0n) is 17.1. The molecule has 160 valence electrons. The molecular weight excluding hydrogens is 401 g/mol. The molecule has 8 heteroatoms. The van der Waals surface area contributed by atoms with Gasteiger partial charge in [-0.2, -0.15) is 0 Å². The third-order valence-electron chi connectivity index (χ3n) is 4.80. The normalized spacial score (nSPS) is 11.7. The van der Waals surface area contributed by atoms with Gasteiger partial charge in [0.25, 0.3) is 5.69 Å². The van der Waals surface area contributed by atoms with Crippen LogP contribution in [0, 0.1) is 15.9 Å². The highest BCUT2D eigenvalue weighted by atomic mass is 19.1. The van der Waals surface area contributed by atoms with Crippen molar-refractivity contribution in [2.24, 2.45) is 0 Å². The Labute approximate surface area is 179 Å². The third kappa shape index (κ3) is 5.43. The van der Waals surface area contributed by atoms with E-state index in [9.17, 15) is 19.3 Å². The number of carbonyl (C=O) groups is 1. The fourth-order valence-electron chi connectivity index (χ4n) is 3.39. The molecule has 0 aromatic heterocycles. The predicted octanol–water partition coefficient (Wildman–Crippen LogP) is 4.40. The van der Waals surface area contributed by atoms with E-state index in [1.807, 2.05) is 35.2 Å². The summed E-state index contributed by atoms with van der Waals surface area (Å²) in [5.41, 5.74) is 2.00. The molecule has 1 amide bonds.